The van der Waals surface area contributed by atoms with Crippen LogP contribution in [0.5, 0.6) is 0 Å². The third-order valence-electron chi connectivity index (χ3n) is 4.56. The number of carbonyl (C=O) groups is 1. The van der Waals surface area contributed by atoms with Crippen LogP contribution in [-0.4, -0.2) is 20.1 Å². The lowest BCUT2D eigenvalue weighted by Crippen LogP contribution is -2.14. The molecular formula is C21H24F2O4S. The molecule has 0 aliphatic carbocycles. The Labute approximate surface area is 164 Å². The minimum atomic E-state index is -4.69. The highest BCUT2D eigenvalue weighted by Crippen LogP contribution is 2.27. The molecule has 0 N–H and O–H groups in total. The fourth-order valence-electron chi connectivity index (χ4n) is 2.76. The number of hydrogen-bond donors (Lipinski definition) is 0. The van der Waals surface area contributed by atoms with E-state index in [9.17, 15) is 22.0 Å². The zero-order chi connectivity index (χ0) is 21.3. The summed E-state index contributed by atoms with van der Waals surface area (Å²) >= 11 is 0. The minimum absolute atomic E-state index is 0.00500. The van der Waals surface area contributed by atoms with Crippen molar-refractivity contribution in [2.45, 2.75) is 57.3 Å². The molecule has 0 aromatic heterocycles. The zero-order valence-electron chi connectivity index (χ0n) is 16.5. The average molecular weight is 410 g/mol. The standard InChI is InChI=1S/C21H24F2O4S/c1-13-10-16(21(3,4)5)11-14(2)18(13)12-27-19(24)15-6-8-17(9-7-15)28(25,26)20(22)23/h6-11,20H,12H2,1-5H3. The van der Waals surface area contributed by atoms with Gasteiger partial charge in [-0.3, -0.25) is 0 Å². The molecule has 152 valence electrons. The predicted molar refractivity (Wildman–Crippen MR) is 103 cm³/mol. The monoisotopic (exact) mass is 410 g/mol. The summed E-state index contributed by atoms with van der Waals surface area (Å²) in [6.45, 7) is 10.3. The Morgan fingerprint density at radius 1 is 1.04 bits per heavy atom. The second kappa shape index (κ2) is 7.99. The molecule has 0 heterocycles. The molecule has 0 amide bonds. The van der Waals surface area contributed by atoms with Gasteiger partial charge in [0.25, 0.3) is 0 Å². The van der Waals surface area contributed by atoms with Gasteiger partial charge in [0.1, 0.15) is 6.61 Å². The first-order chi connectivity index (χ1) is 12.8. The van der Waals surface area contributed by atoms with Crippen LogP contribution in [0.25, 0.3) is 0 Å². The highest BCUT2D eigenvalue weighted by atomic mass is 32.2. The van der Waals surface area contributed by atoms with E-state index in [-0.39, 0.29) is 17.6 Å². The summed E-state index contributed by atoms with van der Waals surface area (Å²) in [6.07, 6.45) is 0. The van der Waals surface area contributed by atoms with Gasteiger partial charge < -0.3 is 4.74 Å². The molecule has 0 aliphatic heterocycles. The Bertz CT molecular complexity index is 949. The summed E-state index contributed by atoms with van der Waals surface area (Å²) in [5.74, 6) is -4.16. The Balaban J connectivity index is 2.15. The molecule has 2 rings (SSSR count). The molecule has 0 unspecified atom stereocenters. The second-order valence-electron chi connectivity index (χ2n) is 7.74. The number of carbonyl (C=O) groups excluding carboxylic acids is 1. The summed E-state index contributed by atoms with van der Waals surface area (Å²) in [4.78, 5) is 11.7. The van der Waals surface area contributed by atoms with Gasteiger partial charge in [0.05, 0.1) is 10.5 Å². The lowest BCUT2D eigenvalue weighted by molar-refractivity contribution is 0.0471. The Hall–Kier alpha value is -2.28. The van der Waals surface area contributed by atoms with Crippen molar-refractivity contribution in [3.8, 4) is 0 Å². The number of benzene rings is 2. The number of esters is 1. The molecule has 28 heavy (non-hydrogen) atoms. The molecular weight excluding hydrogens is 386 g/mol. The predicted octanol–water partition coefficient (Wildman–Crippen LogP) is 4.95. The zero-order valence-corrected chi connectivity index (χ0v) is 17.4. The van der Waals surface area contributed by atoms with Crippen LogP contribution >= 0.6 is 0 Å². The average Bonchev–Trinajstić information content (AvgIpc) is 2.59. The molecule has 4 nitrogen and oxygen atoms in total. The molecule has 2 aromatic carbocycles. The normalized spacial score (nSPS) is 12.3. The van der Waals surface area contributed by atoms with Gasteiger partial charge in [-0.25, -0.2) is 13.2 Å². The van der Waals surface area contributed by atoms with Gasteiger partial charge in [-0.15, -0.1) is 0 Å². The third kappa shape index (κ3) is 4.76. The Morgan fingerprint density at radius 2 is 1.54 bits per heavy atom. The van der Waals surface area contributed by atoms with Crippen LogP contribution in [-0.2, 0) is 26.6 Å². The largest absolute Gasteiger partial charge is 0.457 e. The highest BCUT2D eigenvalue weighted by Gasteiger charge is 2.26. The van der Waals surface area contributed by atoms with Gasteiger partial charge in [-0.05, 0) is 65.8 Å². The van der Waals surface area contributed by atoms with Crippen molar-refractivity contribution in [2.75, 3.05) is 0 Å². The van der Waals surface area contributed by atoms with Gasteiger partial charge in [0.15, 0.2) is 0 Å². The molecule has 0 saturated carbocycles. The van der Waals surface area contributed by atoms with E-state index in [1.807, 2.05) is 13.8 Å². The van der Waals surface area contributed by atoms with Crippen molar-refractivity contribution in [1.29, 1.82) is 0 Å². The van der Waals surface area contributed by atoms with Gasteiger partial charge in [0, 0.05) is 0 Å². The SMILES string of the molecule is Cc1cc(C(C)(C)C)cc(C)c1COC(=O)c1ccc(S(=O)(=O)C(F)F)cc1. The lowest BCUT2D eigenvalue weighted by Gasteiger charge is -2.22. The van der Waals surface area contributed by atoms with E-state index in [2.05, 4.69) is 32.9 Å². The van der Waals surface area contributed by atoms with Gasteiger partial charge >= 0.3 is 11.7 Å². The van der Waals surface area contributed by atoms with Gasteiger partial charge in [-0.1, -0.05) is 32.9 Å². The highest BCUT2D eigenvalue weighted by molar-refractivity contribution is 7.91. The van der Waals surface area contributed by atoms with E-state index >= 15 is 0 Å². The van der Waals surface area contributed by atoms with Crippen LogP contribution in [0.2, 0.25) is 0 Å². The number of sulfone groups is 1. The van der Waals surface area contributed by atoms with Crippen molar-refractivity contribution in [2.24, 2.45) is 0 Å². The quantitative estimate of drug-likeness (QED) is 0.654. The van der Waals surface area contributed by atoms with Crippen LogP contribution in [0, 0.1) is 13.8 Å². The maximum absolute atomic E-state index is 12.6. The molecule has 7 heteroatoms. The second-order valence-corrected chi connectivity index (χ2v) is 9.66. The first kappa shape index (κ1) is 22.0. The molecule has 0 atom stereocenters. The number of alkyl halides is 2. The van der Waals surface area contributed by atoms with Crippen molar-refractivity contribution in [3.05, 3.63) is 64.2 Å². The molecule has 0 fully saturated rings. The van der Waals surface area contributed by atoms with Crippen LogP contribution in [0.4, 0.5) is 8.78 Å². The van der Waals surface area contributed by atoms with Gasteiger partial charge in [-0.2, -0.15) is 8.78 Å². The Morgan fingerprint density at radius 3 is 1.96 bits per heavy atom. The topological polar surface area (TPSA) is 60.4 Å². The van der Waals surface area contributed by atoms with E-state index < -0.39 is 26.5 Å². The van der Waals surface area contributed by atoms with E-state index in [0.29, 0.717) is 0 Å². The third-order valence-corrected chi connectivity index (χ3v) is 5.96. The van der Waals surface area contributed by atoms with Crippen molar-refractivity contribution in [3.63, 3.8) is 0 Å². The fraction of sp³-hybridized carbons (Fsp3) is 0.381. The number of ether oxygens (including phenoxy) is 1. The first-order valence-electron chi connectivity index (χ1n) is 8.74. The van der Waals surface area contributed by atoms with Crippen LogP contribution < -0.4 is 0 Å². The van der Waals surface area contributed by atoms with E-state index in [1.165, 1.54) is 17.7 Å². The van der Waals surface area contributed by atoms with Crippen molar-refractivity contribution in [1.82, 2.24) is 0 Å². The lowest BCUT2D eigenvalue weighted by atomic mass is 9.84. The van der Waals surface area contributed by atoms with Crippen LogP contribution in [0.3, 0.4) is 0 Å². The number of rotatable bonds is 5. The van der Waals surface area contributed by atoms with E-state index in [4.69, 9.17) is 4.74 Å². The van der Waals surface area contributed by atoms with Gasteiger partial charge in [0.2, 0.25) is 9.84 Å². The summed E-state index contributed by atoms with van der Waals surface area (Å²) < 4.78 is 53.3. The Kier molecular flexibility index (Phi) is 6.28. The van der Waals surface area contributed by atoms with Crippen LogP contribution in [0.1, 0.15) is 53.4 Å². The molecule has 0 radical (unpaired) electrons. The smallest absolute Gasteiger partial charge is 0.341 e. The molecule has 0 bridgehead atoms. The number of halogens is 2. The molecule has 2 aromatic rings. The fourth-order valence-corrected chi connectivity index (χ4v) is 3.48. The summed E-state index contributed by atoms with van der Waals surface area (Å²) in [5, 5.41) is 0. The maximum atomic E-state index is 12.6. The summed E-state index contributed by atoms with van der Waals surface area (Å²) in [5.41, 5.74) is 4.21. The summed E-state index contributed by atoms with van der Waals surface area (Å²) in [7, 11) is -4.69. The minimum Gasteiger partial charge on any atom is -0.457 e. The molecule has 0 saturated heterocycles. The van der Waals surface area contributed by atoms with Crippen molar-refractivity contribution >= 4 is 15.8 Å². The number of aryl methyl sites for hydroxylation is 2. The maximum Gasteiger partial charge on any atom is 0.341 e. The van der Waals surface area contributed by atoms with E-state index in [1.54, 1.807) is 0 Å². The van der Waals surface area contributed by atoms with E-state index in [0.717, 1.165) is 28.8 Å². The van der Waals surface area contributed by atoms with Crippen LogP contribution in [0.15, 0.2) is 41.3 Å². The molecule has 0 spiro atoms. The number of hydrogen-bond acceptors (Lipinski definition) is 4. The summed E-state index contributed by atoms with van der Waals surface area (Å²) in [6, 6.07) is 8.43. The molecule has 0 aliphatic rings. The van der Waals surface area contributed by atoms with Crippen molar-refractivity contribution < 1.29 is 26.7 Å². The first-order valence-corrected chi connectivity index (χ1v) is 10.3.